The average molecular weight is 444 g/mol. The number of benzene rings is 2. The molecule has 2 aromatic heterocycles. The van der Waals surface area contributed by atoms with Crippen molar-refractivity contribution in [2.45, 2.75) is 12.1 Å². The maximum Gasteiger partial charge on any atom is 0.236 e. The van der Waals surface area contributed by atoms with Crippen LogP contribution in [0.2, 0.25) is 0 Å². The maximum atomic E-state index is 13.4. The quantitative estimate of drug-likeness (QED) is 0.437. The third kappa shape index (κ3) is 4.39. The first-order chi connectivity index (χ1) is 14.5. The van der Waals surface area contributed by atoms with Gasteiger partial charge in [0.15, 0.2) is 21.9 Å². The van der Waals surface area contributed by atoms with Crippen LogP contribution in [-0.2, 0) is 4.79 Å². The first-order valence-electron chi connectivity index (χ1n) is 8.81. The van der Waals surface area contributed by atoms with E-state index in [1.807, 2.05) is 35.8 Å². The summed E-state index contributed by atoms with van der Waals surface area (Å²) in [7, 11) is 0. The molecule has 1 N–H and O–H groups in total. The zero-order chi connectivity index (χ0) is 21.1. The highest BCUT2D eigenvalue weighted by Gasteiger charge is 2.13. The Morgan fingerprint density at radius 1 is 1.20 bits per heavy atom. The van der Waals surface area contributed by atoms with Gasteiger partial charge in [0.1, 0.15) is 6.33 Å². The van der Waals surface area contributed by atoms with Crippen LogP contribution in [0.15, 0.2) is 59.3 Å². The molecule has 0 saturated carbocycles. The Hall–Kier alpha value is -3.11. The summed E-state index contributed by atoms with van der Waals surface area (Å²) in [4.78, 5) is 16.6. The molecule has 0 bridgehead atoms. The lowest BCUT2D eigenvalue weighted by Gasteiger charge is -2.08. The number of carbonyl (C=O) groups is 1. The number of nitrogens with zero attached hydrogens (tertiary/aromatic N) is 4. The summed E-state index contributed by atoms with van der Waals surface area (Å²) in [5.41, 5.74) is 2.91. The number of carbonyl (C=O) groups excluding carboxylic acids is 1. The van der Waals surface area contributed by atoms with Gasteiger partial charge in [-0.1, -0.05) is 30.0 Å². The van der Waals surface area contributed by atoms with E-state index in [4.69, 9.17) is 0 Å². The Kier molecular flexibility index (Phi) is 5.86. The number of thioether (sulfide) groups is 1. The third-order valence-electron chi connectivity index (χ3n) is 4.19. The van der Waals surface area contributed by atoms with Crippen molar-refractivity contribution in [2.24, 2.45) is 0 Å². The van der Waals surface area contributed by atoms with E-state index in [0.29, 0.717) is 21.5 Å². The van der Waals surface area contributed by atoms with Gasteiger partial charge in [-0.05, 0) is 36.8 Å². The molecule has 4 aromatic rings. The molecular formula is C20H15F2N5OS2. The van der Waals surface area contributed by atoms with Gasteiger partial charge in [-0.3, -0.25) is 9.36 Å². The second-order valence-electron chi connectivity index (χ2n) is 6.27. The van der Waals surface area contributed by atoms with Gasteiger partial charge in [0.2, 0.25) is 5.91 Å². The fourth-order valence-corrected chi connectivity index (χ4v) is 4.18. The Balaban J connectivity index is 1.40. The molecule has 0 atom stereocenters. The van der Waals surface area contributed by atoms with Crippen molar-refractivity contribution in [1.29, 1.82) is 0 Å². The van der Waals surface area contributed by atoms with Crippen molar-refractivity contribution in [3.05, 3.63) is 71.4 Å². The van der Waals surface area contributed by atoms with E-state index in [2.05, 4.69) is 20.5 Å². The summed E-state index contributed by atoms with van der Waals surface area (Å²) in [5.74, 6) is -2.01. The Morgan fingerprint density at radius 2 is 2.03 bits per heavy atom. The summed E-state index contributed by atoms with van der Waals surface area (Å²) < 4.78 is 28.3. The molecule has 0 unspecified atom stereocenters. The summed E-state index contributed by atoms with van der Waals surface area (Å²) >= 11 is 2.46. The van der Waals surface area contributed by atoms with Crippen molar-refractivity contribution in [3.63, 3.8) is 0 Å². The van der Waals surface area contributed by atoms with Crippen molar-refractivity contribution in [3.8, 4) is 16.9 Å². The van der Waals surface area contributed by atoms with Gasteiger partial charge in [0.05, 0.1) is 17.1 Å². The van der Waals surface area contributed by atoms with Crippen LogP contribution in [0.3, 0.4) is 0 Å². The van der Waals surface area contributed by atoms with Gasteiger partial charge in [-0.15, -0.1) is 21.5 Å². The van der Waals surface area contributed by atoms with E-state index in [-0.39, 0.29) is 11.7 Å². The maximum absolute atomic E-state index is 13.4. The van der Waals surface area contributed by atoms with Crippen LogP contribution < -0.4 is 5.32 Å². The molecule has 0 saturated heterocycles. The van der Waals surface area contributed by atoms with Crippen LogP contribution in [0.5, 0.6) is 0 Å². The lowest BCUT2D eigenvalue weighted by molar-refractivity contribution is -0.113. The lowest BCUT2D eigenvalue weighted by Crippen LogP contribution is -2.14. The standard InChI is InChI=1S/C20H15F2N5OS2/c1-12-4-2-3-5-17(12)27-11-23-26-20(27)30-10-18(28)25-19-24-16(9-29-19)13-6-7-14(21)15(22)8-13/h2-9,11H,10H2,1H3,(H,24,25,28). The first-order valence-corrected chi connectivity index (χ1v) is 10.7. The normalized spacial score (nSPS) is 10.9. The number of rotatable bonds is 6. The predicted molar refractivity (Wildman–Crippen MR) is 113 cm³/mol. The number of aromatic nitrogens is 4. The van der Waals surface area contributed by atoms with Gasteiger partial charge in [-0.25, -0.2) is 13.8 Å². The SMILES string of the molecule is Cc1ccccc1-n1cnnc1SCC(=O)Nc1nc(-c2ccc(F)c(F)c2)cs1. The van der Waals surface area contributed by atoms with Crippen LogP contribution in [0.1, 0.15) is 5.56 Å². The van der Waals surface area contributed by atoms with E-state index < -0.39 is 11.6 Å². The number of thiazole rings is 1. The minimum absolute atomic E-state index is 0.116. The Labute approximate surface area is 179 Å². The highest BCUT2D eigenvalue weighted by molar-refractivity contribution is 7.99. The number of aryl methyl sites for hydroxylation is 1. The molecule has 1 amide bonds. The molecule has 30 heavy (non-hydrogen) atoms. The molecule has 10 heteroatoms. The Bertz CT molecular complexity index is 1210. The summed E-state index contributed by atoms with van der Waals surface area (Å²) in [6.45, 7) is 1.99. The number of hydrogen-bond donors (Lipinski definition) is 1. The van der Waals surface area contributed by atoms with Crippen molar-refractivity contribution in [2.75, 3.05) is 11.1 Å². The number of para-hydroxylation sites is 1. The fourth-order valence-electron chi connectivity index (χ4n) is 2.73. The summed E-state index contributed by atoms with van der Waals surface area (Å²) in [6, 6.07) is 11.4. The number of hydrogen-bond acceptors (Lipinski definition) is 6. The van der Waals surface area contributed by atoms with Crippen LogP contribution in [0.4, 0.5) is 13.9 Å². The van der Waals surface area contributed by atoms with Crippen LogP contribution in [0, 0.1) is 18.6 Å². The molecule has 6 nitrogen and oxygen atoms in total. The number of amides is 1. The van der Waals surface area contributed by atoms with E-state index in [1.54, 1.807) is 11.7 Å². The van der Waals surface area contributed by atoms with Gasteiger partial charge in [0.25, 0.3) is 0 Å². The zero-order valence-corrected chi connectivity index (χ0v) is 17.3. The van der Waals surface area contributed by atoms with Crippen LogP contribution in [0.25, 0.3) is 16.9 Å². The second-order valence-corrected chi connectivity index (χ2v) is 8.07. The van der Waals surface area contributed by atoms with Crippen molar-refractivity contribution >= 4 is 34.1 Å². The molecule has 0 aliphatic rings. The molecule has 0 aliphatic carbocycles. The number of halogens is 2. The van der Waals surface area contributed by atoms with E-state index in [9.17, 15) is 13.6 Å². The molecule has 2 aromatic carbocycles. The minimum atomic E-state index is -0.944. The lowest BCUT2D eigenvalue weighted by atomic mass is 10.2. The highest BCUT2D eigenvalue weighted by Crippen LogP contribution is 2.27. The van der Waals surface area contributed by atoms with E-state index >= 15 is 0 Å². The number of anilines is 1. The molecule has 0 radical (unpaired) electrons. The van der Waals surface area contributed by atoms with Crippen molar-refractivity contribution in [1.82, 2.24) is 19.7 Å². The largest absolute Gasteiger partial charge is 0.301 e. The number of nitrogens with one attached hydrogen (secondary N) is 1. The van der Waals surface area contributed by atoms with E-state index in [0.717, 1.165) is 23.4 Å². The minimum Gasteiger partial charge on any atom is -0.301 e. The van der Waals surface area contributed by atoms with Crippen LogP contribution >= 0.6 is 23.1 Å². The highest BCUT2D eigenvalue weighted by atomic mass is 32.2. The van der Waals surface area contributed by atoms with Gasteiger partial charge >= 0.3 is 0 Å². The predicted octanol–water partition coefficient (Wildman–Crippen LogP) is 4.71. The van der Waals surface area contributed by atoms with Gasteiger partial charge in [0, 0.05) is 10.9 Å². The van der Waals surface area contributed by atoms with E-state index in [1.165, 1.54) is 29.2 Å². The average Bonchev–Trinajstić information content (AvgIpc) is 3.38. The summed E-state index contributed by atoms with van der Waals surface area (Å²) in [6.07, 6.45) is 1.61. The van der Waals surface area contributed by atoms with Gasteiger partial charge in [-0.2, -0.15) is 0 Å². The molecule has 2 heterocycles. The fraction of sp³-hybridized carbons (Fsp3) is 0.100. The monoisotopic (exact) mass is 443 g/mol. The molecule has 0 spiro atoms. The zero-order valence-electron chi connectivity index (χ0n) is 15.7. The smallest absolute Gasteiger partial charge is 0.236 e. The molecule has 0 aliphatic heterocycles. The second kappa shape index (κ2) is 8.72. The molecule has 152 valence electrons. The van der Waals surface area contributed by atoms with Crippen LogP contribution in [-0.4, -0.2) is 31.4 Å². The molecule has 4 rings (SSSR count). The third-order valence-corrected chi connectivity index (χ3v) is 5.89. The molecule has 0 fully saturated rings. The molecular weight excluding hydrogens is 428 g/mol. The Morgan fingerprint density at radius 3 is 2.83 bits per heavy atom. The first kappa shape index (κ1) is 20.2. The summed E-state index contributed by atoms with van der Waals surface area (Å²) in [5, 5.41) is 13.4. The topological polar surface area (TPSA) is 72.7 Å². The van der Waals surface area contributed by atoms with Crippen molar-refractivity contribution < 1.29 is 13.6 Å². The van der Waals surface area contributed by atoms with Gasteiger partial charge < -0.3 is 5.32 Å².